The van der Waals surface area contributed by atoms with Gasteiger partial charge >= 0.3 is 0 Å². The minimum atomic E-state index is -0.457. The van der Waals surface area contributed by atoms with E-state index in [1.54, 1.807) is 6.20 Å². The van der Waals surface area contributed by atoms with Crippen molar-refractivity contribution in [2.24, 2.45) is 0 Å². The maximum Gasteiger partial charge on any atom is 0.268 e. The van der Waals surface area contributed by atoms with Crippen LogP contribution in [0.4, 0.5) is 5.95 Å². The normalized spacial score (nSPS) is 9.18. The molecule has 1 rings (SSSR count). The molecule has 0 aromatic carbocycles. The Labute approximate surface area is 68.3 Å². The molecule has 58 valence electrons. The maximum atomic E-state index is 10.8. The van der Waals surface area contributed by atoms with Gasteiger partial charge in [0.25, 0.3) is 5.91 Å². The Balaban J connectivity index is 2.57. The fourth-order valence-corrected chi connectivity index (χ4v) is 0.556. The van der Waals surface area contributed by atoms with Gasteiger partial charge in [-0.3, -0.25) is 10.1 Å². The topological polar surface area (TPSA) is 57.8 Å². The summed E-state index contributed by atoms with van der Waals surface area (Å²) >= 11 is 5.30. The second-order valence-corrected chi connectivity index (χ2v) is 2.25. The Kier molecular flexibility index (Phi) is 2.28. The molecule has 1 amide bonds. The van der Waals surface area contributed by atoms with E-state index in [9.17, 15) is 4.79 Å². The molecule has 1 aromatic rings. The monoisotopic (exact) mass is 171 g/mol. The number of anilines is 1. The van der Waals surface area contributed by atoms with E-state index in [1.807, 2.05) is 0 Å². The Morgan fingerprint density at radius 1 is 1.82 bits per heavy atom. The number of halogens is 1. The molecule has 1 heterocycles. The summed E-state index contributed by atoms with van der Waals surface area (Å²) in [5.41, 5.74) is 0. The fourth-order valence-electron chi connectivity index (χ4n) is 0.509. The van der Waals surface area contributed by atoms with Gasteiger partial charge < -0.3 is 4.98 Å². The molecule has 1 aromatic heterocycles. The van der Waals surface area contributed by atoms with E-state index in [2.05, 4.69) is 21.9 Å². The lowest BCUT2D eigenvalue weighted by Crippen LogP contribution is -2.11. The first-order valence-corrected chi connectivity index (χ1v) is 3.23. The Morgan fingerprint density at radius 3 is 3.00 bits per heavy atom. The lowest BCUT2D eigenvalue weighted by atomic mass is 10.6. The van der Waals surface area contributed by atoms with E-state index >= 15 is 0 Å². The zero-order valence-electron chi connectivity index (χ0n) is 5.60. The van der Waals surface area contributed by atoms with Crippen molar-refractivity contribution in [3.05, 3.63) is 24.0 Å². The second kappa shape index (κ2) is 3.21. The van der Waals surface area contributed by atoms with Crippen molar-refractivity contribution in [3.63, 3.8) is 0 Å². The number of aromatic nitrogens is 2. The largest absolute Gasteiger partial charge is 0.331 e. The highest BCUT2D eigenvalue weighted by atomic mass is 35.5. The van der Waals surface area contributed by atoms with E-state index in [-0.39, 0.29) is 5.03 Å². The van der Waals surface area contributed by atoms with Crippen LogP contribution < -0.4 is 5.32 Å². The van der Waals surface area contributed by atoms with Gasteiger partial charge in [-0.1, -0.05) is 18.2 Å². The van der Waals surface area contributed by atoms with Crippen molar-refractivity contribution >= 4 is 23.5 Å². The highest BCUT2D eigenvalue weighted by Crippen LogP contribution is 2.01. The quantitative estimate of drug-likeness (QED) is 0.655. The van der Waals surface area contributed by atoms with Crippen LogP contribution in [0, 0.1) is 0 Å². The van der Waals surface area contributed by atoms with Crippen LogP contribution in [-0.4, -0.2) is 15.9 Å². The van der Waals surface area contributed by atoms with Crippen LogP contribution >= 0.6 is 11.6 Å². The Bertz CT molecular complexity index is 267. The van der Waals surface area contributed by atoms with Crippen molar-refractivity contribution in [2.75, 3.05) is 5.32 Å². The number of hydrogen-bond donors (Lipinski definition) is 2. The first-order valence-electron chi connectivity index (χ1n) is 2.85. The molecule has 0 atom stereocenters. The van der Waals surface area contributed by atoms with E-state index in [0.717, 1.165) is 0 Å². The number of amides is 1. The highest BCUT2D eigenvalue weighted by molar-refractivity contribution is 6.43. The fraction of sp³-hybridized carbons (Fsp3) is 0. The average molecular weight is 172 g/mol. The number of carbonyl (C=O) groups excluding carboxylic acids is 1. The van der Waals surface area contributed by atoms with Crippen molar-refractivity contribution in [1.82, 2.24) is 9.97 Å². The third-order valence-electron chi connectivity index (χ3n) is 0.977. The van der Waals surface area contributed by atoms with Crippen molar-refractivity contribution in [1.29, 1.82) is 0 Å². The van der Waals surface area contributed by atoms with Crippen LogP contribution in [0.15, 0.2) is 24.0 Å². The Hall–Kier alpha value is -1.29. The standard InChI is InChI=1S/C6H6ClN3O/c1-4(7)5(11)10-6-8-2-3-9-6/h2-3H,1H2,(H2,8,9,10,11). The van der Waals surface area contributed by atoms with Gasteiger partial charge in [0, 0.05) is 12.4 Å². The number of H-pyrrole nitrogens is 1. The molecular formula is C6H6ClN3O. The van der Waals surface area contributed by atoms with Crippen molar-refractivity contribution < 1.29 is 4.79 Å². The van der Waals surface area contributed by atoms with Crippen LogP contribution in [0.1, 0.15) is 0 Å². The van der Waals surface area contributed by atoms with Crippen LogP contribution in [0.3, 0.4) is 0 Å². The highest BCUT2D eigenvalue weighted by Gasteiger charge is 2.04. The second-order valence-electron chi connectivity index (χ2n) is 1.80. The number of imidazole rings is 1. The molecule has 0 saturated carbocycles. The number of nitrogens with one attached hydrogen (secondary N) is 2. The van der Waals surface area contributed by atoms with Gasteiger partial charge in [-0.2, -0.15) is 0 Å². The summed E-state index contributed by atoms with van der Waals surface area (Å²) in [5, 5.41) is 2.32. The summed E-state index contributed by atoms with van der Waals surface area (Å²) < 4.78 is 0. The predicted octanol–water partition coefficient (Wildman–Crippen LogP) is 1.10. The molecule has 0 aliphatic carbocycles. The first-order chi connectivity index (χ1) is 5.20. The molecule has 4 nitrogen and oxygen atoms in total. The smallest absolute Gasteiger partial charge is 0.268 e. The molecule has 11 heavy (non-hydrogen) atoms. The number of aromatic amines is 1. The van der Waals surface area contributed by atoms with Crippen molar-refractivity contribution in [2.45, 2.75) is 0 Å². The summed E-state index contributed by atoms with van der Waals surface area (Å²) in [7, 11) is 0. The summed E-state index contributed by atoms with van der Waals surface area (Å²) in [6.07, 6.45) is 3.11. The number of rotatable bonds is 2. The number of nitrogens with zero attached hydrogens (tertiary/aromatic N) is 1. The first kappa shape index (κ1) is 7.81. The van der Waals surface area contributed by atoms with E-state index in [0.29, 0.717) is 5.95 Å². The van der Waals surface area contributed by atoms with Gasteiger partial charge in [-0.05, 0) is 0 Å². The molecule has 0 bridgehead atoms. The average Bonchev–Trinajstić information content (AvgIpc) is 2.39. The molecule has 0 aliphatic heterocycles. The summed E-state index contributed by atoms with van der Waals surface area (Å²) in [6, 6.07) is 0. The molecule has 0 unspecified atom stereocenters. The lowest BCUT2D eigenvalue weighted by molar-refractivity contribution is -0.112. The zero-order chi connectivity index (χ0) is 8.27. The third kappa shape index (κ3) is 2.09. The van der Waals surface area contributed by atoms with Gasteiger partial charge in [0.1, 0.15) is 0 Å². The molecule has 2 N–H and O–H groups in total. The molecule has 0 spiro atoms. The molecule has 5 heteroatoms. The van der Waals surface area contributed by atoms with E-state index < -0.39 is 5.91 Å². The van der Waals surface area contributed by atoms with E-state index in [4.69, 9.17) is 11.6 Å². The summed E-state index contributed by atoms with van der Waals surface area (Å²) in [4.78, 5) is 17.2. The molecule has 0 saturated heterocycles. The molecule has 0 radical (unpaired) electrons. The van der Waals surface area contributed by atoms with E-state index in [1.165, 1.54) is 6.20 Å². The summed E-state index contributed by atoms with van der Waals surface area (Å²) in [6.45, 7) is 3.25. The minimum Gasteiger partial charge on any atom is -0.331 e. The zero-order valence-corrected chi connectivity index (χ0v) is 6.35. The van der Waals surface area contributed by atoms with Crippen LogP contribution in [0.5, 0.6) is 0 Å². The number of hydrogen-bond acceptors (Lipinski definition) is 2. The SMILES string of the molecule is C=C(Cl)C(=O)Nc1ncc[nH]1. The van der Waals surface area contributed by atoms with Gasteiger partial charge in [-0.25, -0.2) is 4.98 Å². The predicted molar refractivity (Wildman–Crippen MR) is 42.2 cm³/mol. The summed E-state index contributed by atoms with van der Waals surface area (Å²) in [5.74, 6) is -0.0987. The third-order valence-corrected chi connectivity index (χ3v) is 1.15. The lowest BCUT2D eigenvalue weighted by Gasteiger charge is -1.96. The molecule has 0 aliphatic rings. The molecular weight excluding hydrogens is 166 g/mol. The number of carbonyl (C=O) groups is 1. The minimum absolute atomic E-state index is 0.0681. The van der Waals surface area contributed by atoms with Crippen LogP contribution in [-0.2, 0) is 4.79 Å². The van der Waals surface area contributed by atoms with Gasteiger partial charge in [0.2, 0.25) is 5.95 Å². The van der Waals surface area contributed by atoms with Crippen LogP contribution in [0.25, 0.3) is 0 Å². The van der Waals surface area contributed by atoms with Gasteiger partial charge in [0.05, 0.1) is 5.03 Å². The maximum absolute atomic E-state index is 10.8. The van der Waals surface area contributed by atoms with Gasteiger partial charge in [-0.15, -0.1) is 0 Å². The van der Waals surface area contributed by atoms with Crippen molar-refractivity contribution in [3.8, 4) is 0 Å². The Morgan fingerprint density at radius 2 is 2.55 bits per heavy atom. The van der Waals surface area contributed by atoms with Gasteiger partial charge in [0.15, 0.2) is 0 Å². The molecule has 0 fully saturated rings. The van der Waals surface area contributed by atoms with Crippen LogP contribution in [0.2, 0.25) is 0 Å².